The predicted octanol–water partition coefficient (Wildman–Crippen LogP) is 4.45. The molecule has 0 bridgehead atoms. The van der Waals surface area contributed by atoms with Crippen molar-refractivity contribution < 1.29 is 9.59 Å². The summed E-state index contributed by atoms with van der Waals surface area (Å²) in [5.74, 6) is -0.253. The minimum Gasteiger partial charge on any atom is -0.326 e. The van der Waals surface area contributed by atoms with Crippen LogP contribution in [0.5, 0.6) is 0 Å². The lowest BCUT2D eigenvalue weighted by Gasteiger charge is -2.10. The molecule has 0 fully saturated rings. The van der Waals surface area contributed by atoms with Gasteiger partial charge in [0.15, 0.2) is 0 Å². The van der Waals surface area contributed by atoms with E-state index in [-0.39, 0.29) is 17.7 Å². The minimum absolute atomic E-state index is 0.0315. The van der Waals surface area contributed by atoms with Gasteiger partial charge in [0.2, 0.25) is 5.91 Å². The molecule has 0 aromatic heterocycles. The highest BCUT2D eigenvalue weighted by Crippen LogP contribution is 2.17. The number of hydrogen-bond acceptors (Lipinski definition) is 2. The quantitative estimate of drug-likeness (QED) is 0.716. The van der Waals surface area contributed by atoms with Crippen LogP contribution in [0.3, 0.4) is 0 Å². The smallest absolute Gasteiger partial charge is 0.255 e. The zero-order valence-corrected chi connectivity index (χ0v) is 15.5. The summed E-state index contributed by atoms with van der Waals surface area (Å²) >= 11 is 2.21. The van der Waals surface area contributed by atoms with Crippen molar-refractivity contribution in [2.45, 2.75) is 20.8 Å². The average Bonchev–Trinajstić information content (AvgIpc) is 2.51. The third-order valence-corrected chi connectivity index (χ3v) is 4.53. The number of hydrogen-bond donors (Lipinski definition) is 2. The Balaban J connectivity index is 2.04. The van der Waals surface area contributed by atoms with Crippen molar-refractivity contribution in [2.75, 3.05) is 10.6 Å². The summed E-state index contributed by atoms with van der Waals surface area (Å²) in [5, 5.41) is 5.67. The Bertz CT molecular complexity index is 724. The van der Waals surface area contributed by atoms with E-state index in [0.717, 1.165) is 9.13 Å². The van der Waals surface area contributed by atoms with E-state index in [9.17, 15) is 9.59 Å². The molecular formula is C18H19IN2O2. The van der Waals surface area contributed by atoms with E-state index < -0.39 is 0 Å². The van der Waals surface area contributed by atoms with Crippen LogP contribution in [-0.2, 0) is 4.79 Å². The van der Waals surface area contributed by atoms with Crippen LogP contribution in [0.4, 0.5) is 11.4 Å². The molecule has 2 aromatic rings. The molecule has 0 heterocycles. The number of rotatable bonds is 4. The summed E-state index contributed by atoms with van der Waals surface area (Å²) in [6, 6.07) is 12.7. The van der Waals surface area contributed by atoms with Gasteiger partial charge < -0.3 is 10.6 Å². The maximum atomic E-state index is 12.2. The van der Waals surface area contributed by atoms with Crippen molar-refractivity contribution in [2.24, 2.45) is 5.92 Å². The number of amides is 2. The minimum atomic E-state index is -0.151. The Morgan fingerprint density at radius 2 is 1.52 bits per heavy atom. The monoisotopic (exact) mass is 422 g/mol. The molecule has 0 unspecified atom stereocenters. The molecule has 2 amide bonds. The molecule has 0 aliphatic heterocycles. The maximum absolute atomic E-state index is 12.2. The lowest BCUT2D eigenvalue weighted by atomic mass is 10.1. The molecule has 0 saturated carbocycles. The highest BCUT2D eigenvalue weighted by molar-refractivity contribution is 14.1. The van der Waals surface area contributed by atoms with Gasteiger partial charge in [0, 0.05) is 26.4 Å². The Morgan fingerprint density at radius 1 is 0.957 bits per heavy atom. The Kier molecular flexibility index (Phi) is 5.76. The van der Waals surface area contributed by atoms with Gasteiger partial charge in [-0.3, -0.25) is 9.59 Å². The fourth-order valence-corrected chi connectivity index (χ4v) is 2.38. The van der Waals surface area contributed by atoms with Gasteiger partial charge >= 0.3 is 0 Å². The lowest BCUT2D eigenvalue weighted by molar-refractivity contribution is -0.118. The van der Waals surface area contributed by atoms with Crippen LogP contribution in [0, 0.1) is 16.4 Å². The van der Waals surface area contributed by atoms with E-state index in [1.165, 1.54) is 0 Å². The molecule has 4 nitrogen and oxygen atoms in total. The normalized spacial score (nSPS) is 10.5. The standard InChI is InChI=1S/C18H19IN2O2/c1-11(2)17(22)20-14-6-8-15(9-7-14)21-18(23)13-5-4-12(3)16(19)10-13/h4-11H,1-3H3,(H,20,22)(H,21,23). The molecule has 120 valence electrons. The van der Waals surface area contributed by atoms with Gasteiger partial charge in [-0.05, 0) is 71.5 Å². The second-order valence-corrected chi connectivity index (χ2v) is 6.80. The van der Waals surface area contributed by atoms with Crippen molar-refractivity contribution in [1.82, 2.24) is 0 Å². The van der Waals surface area contributed by atoms with Gasteiger partial charge in [-0.25, -0.2) is 0 Å². The molecule has 0 atom stereocenters. The number of carbonyl (C=O) groups is 2. The summed E-state index contributed by atoms with van der Waals surface area (Å²) in [6.07, 6.45) is 0. The van der Waals surface area contributed by atoms with Gasteiger partial charge in [-0.2, -0.15) is 0 Å². The maximum Gasteiger partial charge on any atom is 0.255 e. The molecule has 0 saturated heterocycles. The second-order valence-electron chi connectivity index (χ2n) is 5.64. The van der Waals surface area contributed by atoms with Crippen LogP contribution in [0.1, 0.15) is 29.8 Å². The number of benzene rings is 2. The molecule has 23 heavy (non-hydrogen) atoms. The van der Waals surface area contributed by atoms with Crippen molar-refractivity contribution in [1.29, 1.82) is 0 Å². The van der Waals surface area contributed by atoms with E-state index in [1.807, 2.05) is 39.0 Å². The van der Waals surface area contributed by atoms with E-state index >= 15 is 0 Å². The molecule has 2 aromatic carbocycles. The van der Waals surface area contributed by atoms with E-state index in [4.69, 9.17) is 0 Å². The van der Waals surface area contributed by atoms with Gasteiger partial charge in [0.25, 0.3) is 5.91 Å². The van der Waals surface area contributed by atoms with E-state index in [1.54, 1.807) is 24.3 Å². The number of aryl methyl sites for hydroxylation is 1. The van der Waals surface area contributed by atoms with Crippen LogP contribution in [-0.4, -0.2) is 11.8 Å². The second kappa shape index (κ2) is 7.59. The first-order valence-electron chi connectivity index (χ1n) is 7.35. The summed E-state index contributed by atoms with van der Waals surface area (Å²) in [5.41, 5.74) is 3.17. The van der Waals surface area contributed by atoms with Crippen molar-refractivity contribution in [3.8, 4) is 0 Å². The average molecular weight is 422 g/mol. The van der Waals surface area contributed by atoms with Crippen molar-refractivity contribution in [3.63, 3.8) is 0 Å². The molecule has 5 heteroatoms. The first kappa shape index (κ1) is 17.5. The number of halogens is 1. The van der Waals surface area contributed by atoms with E-state index in [0.29, 0.717) is 16.9 Å². The van der Waals surface area contributed by atoms with Crippen LogP contribution in [0.15, 0.2) is 42.5 Å². The fraction of sp³-hybridized carbons (Fsp3) is 0.222. The topological polar surface area (TPSA) is 58.2 Å². The SMILES string of the molecule is Cc1ccc(C(=O)Nc2ccc(NC(=O)C(C)C)cc2)cc1I. The first-order chi connectivity index (χ1) is 10.9. The summed E-state index contributed by atoms with van der Waals surface area (Å²) < 4.78 is 1.06. The first-order valence-corrected chi connectivity index (χ1v) is 8.43. The Hall–Kier alpha value is -1.89. The molecule has 2 rings (SSSR count). The summed E-state index contributed by atoms with van der Waals surface area (Å²) in [4.78, 5) is 23.9. The summed E-state index contributed by atoms with van der Waals surface area (Å²) in [6.45, 7) is 5.69. The van der Waals surface area contributed by atoms with Gasteiger partial charge in [-0.15, -0.1) is 0 Å². The van der Waals surface area contributed by atoms with Crippen LogP contribution in [0.2, 0.25) is 0 Å². The van der Waals surface area contributed by atoms with Crippen molar-refractivity contribution >= 4 is 45.8 Å². The number of carbonyl (C=O) groups excluding carboxylic acids is 2. The molecule has 0 aliphatic carbocycles. The highest BCUT2D eigenvalue weighted by Gasteiger charge is 2.09. The van der Waals surface area contributed by atoms with Gasteiger partial charge in [0.1, 0.15) is 0 Å². The zero-order valence-electron chi connectivity index (χ0n) is 13.3. The molecule has 0 aliphatic rings. The zero-order chi connectivity index (χ0) is 17.0. The molecule has 2 N–H and O–H groups in total. The van der Waals surface area contributed by atoms with E-state index in [2.05, 4.69) is 33.2 Å². The van der Waals surface area contributed by atoms with Crippen LogP contribution in [0.25, 0.3) is 0 Å². The molecule has 0 spiro atoms. The van der Waals surface area contributed by atoms with Gasteiger partial charge in [-0.1, -0.05) is 19.9 Å². The molecule has 0 radical (unpaired) electrons. The Labute approximate surface area is 149 Å². The predicted molar refractivity (Wildman–Crippen MR) is 102 cm³/mol. The highest BCUT2D eigenvalue weighted by atomic mass is 127. The van der Waals surface area contributed by atoms with Crippen LogP contribution >= 0.6 is 22.6 Å². The van der Waals surface area contributed by atoms with Gasteiger partial charge in [0.05, 0.1) is 0 Å². The number of nitrogens with one attached hydrogen (secondary N) is 2. The van der Waals surface area contributed by atoms with Crippen LogP contribution < -0.4 is 10.6 Å². The third kappa shape index (κ3) is 4.79. The number of anilines is 2. The van der Waals surface area contributed by atoms with Crippen molar-refractivity contribution in [3.05, 3.63) is 57.2 Å². The fourth-order valence-electron chi connectivity index (χ4n) is 1.86. The lowest BCUT2D eigenvalue weighted by Crippen LogP contribution is -2.17. The largest absolute Gasteiger partial charge is 0.326 e. The third-order valence-electron chi connectivity index (χ3n) is 3.37. The Morgan fingerprint density at radius 3 is 2.04 bits per heavy atom. The molecular weight excluding hydrogens is 403 g/mol. The summed E-state index contributed by atoms with van der Waals surface area (Å²) in [7, 11) is 0.